The molecule has 240 valence electrons. The van der Waals surface area contributed by atoms with Gasteiger partial charge in [0.05, 0.1) is 49.1 Å². The number of carbonyl (C=O) groups is 3. The molecule has 5 rings (SSSR count). The molecule has 4 bridgehead atoms. The molecule has 2 saturated carbocycles. The van der Waals surface area contributed by atoms with Crippen molar-refractivity contribution < 1.29 is 46.3 Å². The van der Waals surface area contributed by atoms with Gasteiger partial charge in [0.25, 0.3) is 10.1 Å². The van der Waals surface area contributed by atoms with E-state index in [2.05, 4.69) is 4.90 Å². The molecular formula is C30H49NO10S. The smallest absolute Gasteiger partial charge is 0.320 e. The SMILES string of the molecule is CC1(C)C2CCC1(CS(=O)(=O)O)C(=O)C2.CCOC(=O)CN1C2CC(OC3CCOCC3)CC1CC(C(=O)OCC)C2. The van der Waals surface area contributed by atoms with Crippen molar-refractivity contribution in [1.82, 2.24) is 4.90 Å². The molecule has 0 radical (unpaired) electrons. The van der Waals surface area contributed by atoms with Crippen LogP contribution in [0.1, 0.15) is 85.5 Å². The summed E-state index contributed by atoms with van der Waals surface area (Å²) in [7, 11) is -4.08. The summed E-state index contributed by atoms with van der Waals surface area (Å²) < 4.78 is 53.2. The third-order valence-electron chi connectivity index (χ3n) is 10.5. The Morgan fingerprint density at radius 1 is 0.976 bits per heavy atom. The maximum Gasteiger partial charge on any atom is 0.320 e. The molecule has 0 aromatic carbocycles. The molecule has 3 heterocycles. The number of fused-ring (bicyclic) bond motifs is 4. The minimum absolute atomic E-state index is 0.0152. The van der Waals surface area contributed by atoms with Gasteiger partial charge in [-0.2, -0.15) is 8.42 Å². The summed E-state index contributed by atoms with van der Waals surface area (Å²) >= 11 is 0. The Kier molecular flexibility index (Phi) is 10.8. The number of rotatable bonds is 9. The molecule has 1 N–H and O–H groups in total. The third kappa shape index (κ3) is 7.36. The summed E-state index contributed by atoms with van der Waals surface area (Å²) in [5, 5.41) is 0. The third-order valence-corrected chi connectivity index (χ3v) is 11.3. The molecule has 0 aromatic rings. The normalized spacial score (nSPS) is 34.4. The molecule has 0 aromatic heterocycles. The number of Topliss-reactive ketones (excluding diaryl/α,β-unsaturated/α-hetero) is 1. The van der Waals surface area contributed by atoms with Gasteiger partial charge >= 0.3 is 11.9 Å². The van der Waals surface area contributed by atoms with Crippen LogP contribution < -0.4 is 0 Å². The van der Waals surface area contributed by atoms with Crippen molar-refractivity contribution >= 4 is 27.8 Å². The molecular weight excluding hydrogens is 566 g/mol. The summed E-state index contributed by atoms with van der Waals surface area (Å²) in [4.78, 5) is 38.4. The average Bonchev–Trinajstić information content (AvgIpc) is 3.23. The van der Waals surface area contributed by atoms with Gasteiger partial charge in [-0.15, -0.1) is 0 Å². The summed E-state index contributed by atoms with van der Waals surface area (Å²) in [6, 6.07) is 0.308. The highest BCUT2D eigenvalue weighted by molar-refractivity contribution is 7.85. The van der Waals surface area contributed by atoms with Crippen molar-refractivity contribution in [3.05, 3.63) is 0 Å². The summed E-state index contributed by atoms with van der Waals surface area (Å²) in [5.41, 5.74) is -1.12. The van der Waals surface area contributed by atoms with Crippen molar-refractivity contribution in [3.8, 4) is 0 Å². The van der Waals surface area contributed by atoms with E-state index in [1.54, 1.807) is 0 Å². The Labute approximate surface area is 250 Å². The lowest BCUT2D eigenvalue weighted by atomic mass is 9.70. The lowest BCUT2D eigenvalue weighted by Gasteiger charge is -2.50. The number of nitrogens with zero attached hydrogens (tertiary/aromatic N) is 1. The van der Waals surface area contributed by atoms with Gasteiger partial charge in [0, 0.05) is 31.7 Å². The Bertz CT molecular complexity index is 1070. The van der Waals surface area contributed by atoms with Crippen LogP contribution in [0, 0.1) is 22.7 Å². The number of esters is 2. The Morgan fingerprint density at radius 2 is 1.60 bits per heavy atom. The number of ketones is 1. The fourth-order valence-corrected chi connectivity index (χ4v) is 9.47. The van der Waals surface area contributed by atoms with Gasteiger partial charge in [0.2, 0.25) is 0 Å². The predicted molar refractivity (Wildman–Crippen MR) is 153 cm³/mol. The number of hydrogen-bond acceptors (Lipinski definition) is 10. The van der Waals surface area contributed by atoms with Crippen LogP contribution in [-0.2, 0) is 43.4 Å². The molecule has 0 amide bonds. The van der Waals surface area contributed by atoms with Crippen molar-refractivity contribution in [2.45, 2.75) is 110 Å². The first-order valence-electron chi connectivity index (χ1n) is 15.6. The van der Waals surface area contributed by atoms with Crippen LogP contribution in [-0.4, -0.2) is 98.6 Å². The molecule has 0 spiro atoms. The maximum absolute atomic E-state index is 12.3. The summed E-state index contributed by atoms with van der Waals surface area (Å²) in [6.07, 6.45) is 7.47. The van der Waals surface area contributed by atoms with Crippen LogP contribution in [0.25, 0.3) is 0 Å². The van der Waals surface area contributed by atoms with Crippen LogP contribution in [0.3, 0.4) is 0 Å². The predicted octanol–water partition coefficient (Wildman–Crippen LogP) is 3.19. The molecule has 12 heteroatoms. The van der Waals surface area contributed by atoms with Gasteiger partial charge in [-0.05, 0) is 76.5 Å². The van der Waals surface area contributed by atoms with Crippen LogP contribution in [0.4, 0.5) is 0 Å². The van der Waals surface area contributed by atoms with E-state index < -0.39 is 21.3 Å². The highest BCUT2D eigenvalue weighted by atomic mass is 32.2. The molecule has 3 saturated heterocycles. The van der Waals surface area contributed by atoms with E-state index >= 15 is 0 Å². The van der Waals surface area contributed by atoms with E-state index in [1.165, 1.54) is 0 Å². The van der Waals surface area contributed by atoms with Gasteiger partial charge in [0.1, 0.15) is 5.78 Å². The maximum atomic E-state index is 12.3. The monoisotopic (exact) mass is 615 g/mol. The highest BCUT2D eigenvalue weighted by Crippen LogP contribution is 2.64. The summed E-state index contributed by atoms with van der Waals surface area (Å²) in [6.45, 7) is 10.2. The largest absolute Gasteiger partial charge is 0.466 e. The zero-order valence-electron chi connectivity index (χ0n) is 25.5. The van der Waals surface area contributed by atoms with Gasteiger partial charge < -0.3 is 18.9 Å². The first-order chi connectivity index (χ1) is 19.8. The second-order valence-electron chi connectivity index (χ2n) is 13.1. The van der Waals surface area contributed by atoms with Crippen LogP contribution in [0.2, 0.25) is 0 Å². The molecule has 5 aliphatic rings. The fourth-order valence-electron chi connectivity index (χ4n) is 8.17. The average molecular weight is 616 g/mol. The minimum Gasteiger partial charge on any atom is -0.466 e. The standard InChI is InChI=1S/C20H33NO6.C10H16O4S/c1-3-25-19(22)13-21-15-9-14(20(23)26-4-2)10-16(21)12-18(11-15)27-17-5-7-24-8-6-17;1-9(2)7-3-4-10(9,8(11)5-7)6-15(12,13)14/h14-18H,3-13H2,1-2H3;7H,3-6H2,1-2H3,(H,12,13,14). The fraction of sp³-hybridized carbons (Fsp3) is 0.900. The number of hydrogen-bond donors (Lipinski definition) is 1. The van der Waals surface area contributed by atoms with E-state index in [4.69, 9.17) is 23.5 Å². The van der Waals surface area contributed by atoms with Gasteiger partial charge in [-0.3, -0.25) is 23.8 Å². The molecule has 42 heavy (non-hydrogen) atoms. The minimum atomic E-state index is -4.08. The number of ether oxygens (including phenoxy) is 4. The molecule has 4 atom stereocenters. The van der Waals surface area contributed by atoms with E-state index in [9.17, 15) is 22.8 Å². The van der Waals surface area contributed by atoms with Crippen molar-refractivity contribution in [3.63, 3.8) is 0 Å². The first kappa shape index (κ1) is 33.3. The molecule has 11 nitrogen and oxygen atoms in total. The molecule has 4 unspecified atom stereocenters. The van der Waals surface area contributed by atoms with Crippen molar-refractivity contribution in [2.24, 2.45) is 22.7 Å². The highest BCUT2D eigenvalue weighted by Gasteiger charge is 2.65. The van der Waals surface area contributed by atoms with Crippen LogP contribution in [0.5, 0.6) is 0 Å². The summed E-state index contributed by atoms with van der Waals surface area (Å²) in [5.74, 6) is -0.476. The van der Waals surface area contributed by atoms with Gasteiger partial charge in [-0.25, -0.2) is 0 Å². The van der Waals surface area contributed by atoms with Crippen molar-refractivity contribution in [1.29, 1.82) is 0 Å². The van der Waals surface area contributed by atoms with Crippen LogP contribution in [0.15, 0.2) is 0 Å². The second-order valence-corrected chi connectivity index (χ2v) is 14.6. The van der Waals surface area contributed by atoms with Gasteiger partial charge in [-0.1, -0.05) is 13.8 Å². The van der Waals surface area contributed by atoms with Gasteiger partial charge in [0.15, 0.2) is 0 Å². The van der Waals surface area contributed by atoms with Crippen LogP contribution >= 0.6 is 0 Å². The zero-order valence-corrected chi connectivity index (χ0v) is 26.4. The lowest BCUT2D eigenvalue weighted by molar-refractivity contribution is -0.161. The Morgan fingerprint density at radius 3 is 2.10 bits per heavy atom. The second kappa shape index (κ2) is 13.6. The molecule has 2 aliphatic carbocycles. The molecule has 5 fully saturated rings. The lowest BCUT2D eigenvalue weighted by Crippen LogP contribution is -2.58. The van der Waals surface area contributed by atoms with E-state index in [0.29, 0.717) is 32.6 Å². The van der Waals surface area contributed by atoms with E-state index in [0.717, 1.165) is 58.2 Å². The zero-order chi connectivity index (χ0) is 30.7. The number of piperidine rings is 2. The Balaban J connectivity index is 0.000000227. The Hall–Kier alpha value is -1.60. The van der Waals surface area contributed by atoms with Crippen molar-refractivity contribution in [2.75, 3.05) is 38.7 Å². The first-order valence-corrected chi connectivity index (χ1v) is 17.2. The number of carbonyl (C=O) groups excluding carboxylic acids is 3. The quantitative estimate of drug-likeness (QED) is 0.301. The van der Waals surface area contributed by atoms with E-state index in [-0.39, 0.29) is 59.3 Å². The van der Waals surface area contributed by atoms with E-state index in [1.807, 2.05) is 27.7 Å². The topological polar surface area (TPSA) is 146 Å². The molecule has 3 aliphatic heterocycles.